The summed E-state index contributed by atoms with van der Waals surface area (Å²) in [5.41, 5.74) is 5.09. The van der Waals surface area contributed by atoms with E-state index >= 15 is 0 Å². The molecular weight excluding hydrogens is 234 g/mol. The Kier molecular flexibility index (Phi) is 4.67. The van der Waals surface area contributed by atoms with Crippen LogP contribution in [0.1, 0.15) is 6.92 Å². The summed E-state index contributed by atoms with van der Waals surface area (Å²) >= 11 is 0. The van der Waals surface area contributed by atoms with Crippen molar-refractivity contribution in [3.8, 4) is 0 Å². The molecule has 0 fully saturated rings. The monoisotopic (exact) mass is 248 g/mol. The second-order valence-corrected chi connectivity index (χ2v) is 5.08. The number of hydrogen-bond donors (Lipinski definition) is 2. The molecule has 1 atom stereocenters. The number of halogens is 2. The van der Waals surface area contributed by atoms with E-state index in [0.717, 1.165) is 12.1 Å². The van der Waals surface area contributed by atoms with Gasteiger partial charge in [-0.2, -0.15) is 0 Å². The largest absolute Gasteiger partial charge is 0.399 e. The van der Waals surface area contributed by atoms with Gasteiger partial charge in [-0.05, 0) is 12.1 Å². The first-order valence-electron chi connectivity index (χ1n) is 4.88. The van der Waals surface area contributed by atoms with E-state index in [1.165, 1.54) is 0 Å². The smallest absolute Gasteiger partial charge is 0.151 e. The zero-order valence-electron chi connectivity index (χ0n) is 8.93. The van der Waals surface area contributed by atoms with E-state index < -0.39 is 22.4 Å². The third kappa shape index (κ3) is 3.44. The van der Waals surface area contributed by atoms with Gasteiger partial charge in [-0.25, -0.2) is 8.78 Å². The Morgan fingerprint density at radius 3 is 2.44 bits per heavy atom. The lowest BCUT2D eigenvalue weighted by Gasteiger charge is -2.08. The lowest BCUT2D eigenvalue weighted by Crippen LogP contribution is -2.14. The topological polar surface area (TPSA) is 55.1 Å². The molecule has 0 saturated heterocycles. The number of nitrogens with two attached hydrogens (primary N) is 1. The van der Waals surface area contributed by atoms with Crippen LogP contribution in [0.4, 0.5) is 20.2 Å². The van der Waals surface area contributed by atoms with Crippen LogP contribution >= 0.6 is 0 Å². The van der Waals surface area contributed by atoms with E-state index in [-0.39, 0.29) is 17.9 Å². The molecular formula is C10H14F2N2OS. The van der Waals surface area contributed by atoms with Crippen molar-refractivity contribution in [1.82, 2.24) is 0 Å². The van der Waals surface area contributed by atoms with Crippen molar-refractivity contribution in [2.24, 2.45) is 0 Å². The Morgan fingerprint density at radius 2 is 1.94 bits per heavy atom. The third-order valence-electron chi connectivity index (χ3n) is 2.02. The Balaban J connectivity index is 2.64. The van der Waals surface area contributed by atoms with Crippen molar-refractivity contribution in [2.45, 2.75) is 6.92 Å². The van der Waals surface area contributed by atoms with Crippen LogP contribution in [0.25, 0.3) is 0 Å². The third-order valence-corrected chi connectivity index (χ3v) is 3.32. The van der Waals surface area contributed by atoms with Crippen molar-refractivity contribution in [2.75, 3.05) is 29.1 Å². The molecule has 6 heteroatoms. The van der Waals surface area contributed by atoms with E-state index in [2.05, 4.69) is 5.32 Å². The summed E-state index contributed by atoms with van der Waals surface area (Å²) in [5.74, 6) is -0.576. The van der Waals surface area contributed by atoms with E-state index in [9.17, 15) is 13.0 Å². The van der Waals surface area contributed by atoms with Crippen LogP contribution in [0.3, 0.4) is 0 Å². The van der Waals surface area contributed by atoms with Crippen molar-refractivity contribution in [3.63, 3.8) is 0 Å². The minimum Gasteiger partial charge on any atom is -0.399 e. The average Bonchev–Trinajstić information content (AvgIpc) is 2.21. The second kappa shape index (κ2) is 5.79. The number of nitrogen functional groups attached to an aromatic ring is 1. The number of hydrogen-bond acceptors (Lipinski definition) is 3. The standard InChI is InChI=1S/C10H14F2N2OS/c1-2-16(15)4-3-14-10-8(11)5-7(13)6-9(10)12/h5-6,14H,2-4,13H2,1H3. The highest BCUT2D eigenvalue weighted by atomic mass is 32.2. The molecule has 1 rings (SSSR count). The van der Waals surface area contributed by atoms with Crippen LogP contribution in [-0.4, -0.2) is 22.3 Å². The lowest BCUT2D eigenvalue weighted by molar-refractivity contribution is 0.589. The summed E-state index contributed by atoms with van der Waals surface area (Å²) < 4.78 is 37.6. The zero-order valence-corrected chi connectivity index (χ0v) is 9.74. The molecule has 1 aromatic rings. The van der Waals surface area contributed by atoms with Crippen molar-refractivity contribution in [3.05, 3.63) is 23.8 Å². The molecule has 0 spiro atoms. The molecule has 0 saturated carbocycles. The Morgan fingerprint density at radius 1 is 1.38 bits per heavy atom. The predicted octanol–water partition coefficient (Wildman–Crippen LogP) is 1.73. The molecule has 0 amide bonds. The van der Waals surface area contributed by atoms with Gasteiger partial charge in [0.15, 0.2) is 11.6 Å². The summed E-state index contributed by atoms with van der Waals surface area (Å²) in [7, 11) is -0.950. The maximum Gasteiger partial charge on any atom is 0.151 e. The molecule has 0 heterocycles. The first kappa shape index (κ1) is 12.9. The summed E-state index contributed by atoms with van der Waals surface area (Å²) in [4.78, 5) is 0. The van der Waals surface area contributed by atoms with Crippen molar-refractivity contribution < 1.29 is 13.0 Å². The Bertz CT molecular complexity index is 375. The van der Waals surface area contributed by atoms with Crippen molar-refractivity contribution >= 4 is 22.2 Å². The van der Waals surface area contributed by atoms with Crippen LogP contribution in [-0.2, 0) is 10.8 Å². The molecule has 0 radical (unpaired) electrons. The highest BCUT2D eigenvalue weighted by Crippen LogP contribution is 2.21. The van der Waals surface area contributed by atoms with Gasteiger partial charge in [0.1, 0.15) is 5.69 Å². The number of nitrogens with one attached hydrogen (secondary N) is 1. The number of rotatable bonds is 5. The van der Waals surface area contributed by atoms with Crippen LogP contribution < -0.4 is 11.1 Å². The predicted molar refractivity (Wildman–Crippen MR) is 62.8 cm³/mol. The molecule has 0 aromatic heterocycles. The molecule has 0 aliphatic carbocycles. The van der Waals surface area contributed by atoms with Gasteiger partial charge in [0.2, 0.25) is 0 Å². The normalized spacial score (nSPS) is 12.4. The minimum absolute atomic E-state index is 0.0395. The highest BCUT2D eigenvalue weighted by molar-refractivity contribution is 7.84. The first-order chi connectivity index (χ1) is 7.54. The minimum atomic E-state index is -0.950. The first-order valence-corrected chi connectivity index (χ1v) is 6.36. The highest BCUT2D eigenvalue weighted by Gasteiger charge is 2.09. The molecule has 0 bridgehead atoms. The number of anilines is 2. The van der Waals surface area contributed by atoms with Gasteiger partial charge in [0.25, 0.3) is 0 Å². The van der Waals surface area contributed by atoms with Gasteiger partial charge < -0.3 is 11.1 Å². The molecule has 0 aliphatic heterocycles. The molecule has 90 valence electrons. The van der Waals surface area contributed by atoms with Crippen LogP contribution in [0.15, 0.2) is 12.1 Å². The second-order valence-electron chi connectivity index (χ2n) is 3.22. The molecule has 16 heavy (non-hydrogen) atoms. The summed E-state index contributed by atoms with van der Waals surface area (Å²) in [5, 5.41) is 2.58. The van der Waals surface area contributed by atoms with Gasteiger partial charge in [-0.1, -0.05) is 6.92 Å². The van der Waals surface area contributed by atoms with E-state index in [0.29, 0.717) is 11.5 Å². The van der Waals surface area contributed by atoms with Gasteiger partial charge in [0, 0.05) is 34.5 Å². The Hall–Kier alpha value is -1.17. The van der Waals surface area contributed by atoms with Crippen LogP contribution in [0.5, 0.6) is 0 Å². The zero-order chi connectivity index (χ0) is 12.1. The average molecular weight is 248 g/mol. The van der Waals surface area contributed by atoms with Crippen molar-refractivity contribution in [1.29, 1.82) is 0 Å². The Labute approximate surface area is 95.5 Å². The summed E-state index contributed by atoms with van der Waals surface area (Å²) in [6.07, 6.45) is 0. The van der Waals surface area contributed by atoms with E-state index in [1.54, 1.807) is 6.92 Å². The maximum atomic E-state index is 13.3. The molecule has 3 nitrogen and oxygen atoms in total. The summed E-state index contributed by atoms with van der Waals surface area (Å²) in [6, 6.07) is 2.09. The fourth-order valence-electron chi connectivity index (χ4n) is 1.20. The number of benzene rings is 1. The van der Waals surface area contributed by atoms with Gasteiger partial charge in [0.05, 0.1) is 0 Å². The maximum absolute atomic E-state index is 13.3. The molecule has 1 unspecified atom stereocenters. The fraction of sp³-hybridized carbons (Fsp3) is 0.400. The van der Waals surface area contributed by atoms with Crippen LogP contribution in [0.2, 0.25) is 0 Å². The van der Waals surface area contributed by atoms with Gasteiger partial charge >= 0.3 is 0 Å². The quantitative estimate of drug-likeness (QED) is 0.780. The fourth-order valence-corrected chi connectivity index (χ4v) is 1.81. The molecule has 1 aromatic carbocycles. The molecule has 3 N–H and O–H groups in total. The summed E-state index contributed by atoms with van der Waals surface area (Å²) in [6.45, 7) is 2.05. The SMILES string of the molecule is CCS(=O)CCNc1c(F)cc(N)cc1F. The van der Waals surface area contributed by atoms with Gasteiger partial charge in [-0.15, -0.1) is 0 Å². The van der Waals surface area contributed by atoms with E-state index in [4.69, 9.17) is 5.73 Å². The van der Waals surface area contributed by atoms with E-state index in [1.807, 2.05) is 0 Å². The van der Waals surface area contributed by atoms with Gasteiger partial charge in [-0.3, -0.25) is 4.21 Å². The molecule has 0 aliphatic rings. The van der Waals surface area contributed by atoms with Crippen LogP contribution in [0, 0.1) is 11.6 Å². The lowest BCUT2D eigenvalue weighted by atomic mass is 10.2.